The van der Waals surface area contributed by atoms with Gasteiger partial charge in [-0.15, -0.1) is 0 Å². The smallest absolute Gasteiger partial charge is 0.236 e. The lowest BCUT2D eigenvalue weighted by Crippen LogP contribution is -2.12. The predicted octanol–water partition coefficient (Wildman–Crippen LogP) is 2.71. The molecule has 1 rings (SSSR count). The summed E-state index contributed by atoms with van der Waals surface area (Å²) in [7, 11) is 0. The summed E-state index contributed by atoms with van der Waals surface area (Å²) in [6.45, 7) is 5.94. The van der Waals surface area contributed by atoms with Gasteiger partial charge in [-0.2, -0.15) is 0 Å². The first kappa shape index (κ1) is 10.0. The van der Waals surface area contributed by atoms with E-state index in [0.717, 1.165) is 5.56 Å². The highest BCUT2D eigenvalue weighted by Crippen LogP contribution is 2.21. The Morgan fingerprint density at radius 2 is 1.62 bits per heavy atom. The van der Waals surface area contributed by atoms with Crippen molar-refractivity contribution < 1.29 is 8.78 Å². The molecule has 72 valence electrons. The molecule has 0 saturated heterocycles. The zero-order valence-electron chi connectivity index (χ0n) is 7.88. The maximum absolute atomic E-state index is 12.1. The molecule has 0 spiro atoms. The van der Waals surface area contributed by atoms with Gasteiger partial charge in [-0.1, -0.05) is 20.8 Å². The third-order valence-electron chi connectivity index (χ3n) is 1.73. The van der Waals surface area contributed by atoms with Gasteiger partial charge in [0, 0.05) is 12.4 Å². The quantitative estimate of drug-likeness (QED) is 0.673. The number of rotatable bonds is 1. The van der Waals surface area contributed by atoms with Crippen molar-refractivity contribution in [1.82, 2.24) is 9.97 Å². The maximum atomic E-state index is 12.1. The van der Waals surface area contributed by atoms with Gasteiger partial charge in [0.05, 0.1) is 0 Å². The maximum Gasteiger partial charge on any atom is 0.297 e. The summed E-state index contributed by atoms with van der Waals surface area (Å²) in [5.41, 5.74) is 0.762. The summed E-state index contributed by atoms with van der Waals surface area (Å²) < 4.78 is 24.1. The molecule has 4 heteroatoms. The number of alkyl halides is 2. The lowest BCUT2D eigenvalue weighted by Gasteiger charge is -2.17. The zero-order chi connectivity index (χ0) is 10.1. The minimum Gasteiger partial charge on any atom is -0.236 e. The van der Waals surface area contributed by atoms with Gasteiger partial charge < -0.3 is 0 Å². The Labute approximate surface area is 76.0 Å². The number of hydrogen-bond donors (Lipinski definition) is 0. The molecular formula is C9H12F2N2. The van der Waals surface area contributed by atoms with E-state index >= 15 is 0 Å². The molecule has 1 aromatic heterocycles. The molecule has 0 aliphatic heterocycles. The zero-order valence-corrected chi connectivity index (χ0v) is 7.88. The van der Waals surface area contributed by atoms with Crippen LogP contribution in [0.15, 0.2) is 12.4 Å². The summed E-state index contributed by atoms with van der Waals surface area (Å²) in [6, 6.07) is 0. The summed E-state index contributed by atoms with van der Waals surface area (Å²) in [5.74, 6) is -0.409. The summed E-state index contributed by atoms with van der Waals surface area (Å²) >= 11 is 0. The molecule has 0 saturated carbocycles. The first-order valence-corrected chi connectivity index (χ1v) is 4.02. The molecular weight excluding hydrogens is 174 g/mol. The molecule has 1 aromatic rings. The predicted molar refractivity (Wildman–Crippen MR) is 45.7 cm³/mol. The largest absolute Gasteiger partial charge is 0.297 e. The summed E-state index contributed by atoms with van der Waals surface area (Å²) in [6.07, 6.45) is 0.317. The van der Waals surface area contributed by atoms with E-state index in [0.29, 0.717) is 0 Å². The fourth-order valence-electron chi connectivity index (χ4n) is 0.838. The van der Waals surface area contributed by atoms with Crippen LogP contribution < -0.4 is 0 Å². The van der Waals surface area contributed by atoms with Crippen molar-refractivity contribution in [1.29, 1.82) is 0 Å². The molecule has 0 atom stereocenters. The second-order valence-electron chi connectivity index (χ2n) is 3.88. The highest BCUT2D eigenvalue weighted by atomic mass is 19.3. The topological polar surface area (TPSA) is 25.8 Å². The van der Waals surface area contributed by atoms with Crippen molar-refractivity contribution in [3.05, 3.63) is 23.8 Å². The molecule has 13 heavy (non-hydrogen) atoms. The van der Waals surface area contributed by atoms with Crippen molar-refractivity contribution in [3.8, 4) is 0 Å². The van der Waals surface area contributed by atoms with E-state index in [1.54, 1.807) is 0 Å². The minimum absolute atomic E-state index is 0.0966. The second-order valence-corrected chi connectivity index (χ2v) is 3.88. The average molecular weight is 186 g/mol. The van der Waals surface area contributed by atoms with Crippen molar-refractivity contribution >= 4 is 0 Å². The standard InChI is InChI=1S/C9H12F2N2/c1-9(2,3)6-4-12-8(7(10)11)13-5-6/h4-5,7H,1-3H3. The molecule has 0 bridgehead atoms. The van der Waals surface area contributed by atoms with Gasteiger partial charge in [-0.3, -0.25) is 0 Å². The Hall–Kier alpha value is -1.06. The molecule has 0 fully saturated rings. The van der Waals surface area contributed by atoms with Crippen LogP contribution in [0.4, 0.5) is 8.78 Å². The number of nitrogens with zero attached hydrogens (tertiary/aromatic N) is 2. The van der Waals surface area contributed by atoms with Crippen LogP contribution in [-0.2, 0) is 5.41 Å². The monoisotopic (exact) mass is 186 g/mol. The number of hydrogen-bond acceptors (Lipinski definition) is 2. The third kappa shape index (κ3) is 2.44. The summed E-state index contributed by atoms with van der Waals surface area (Å²) in [4.78, 5) is 7.17. The van der Waals surface area contributed by atoms with Crippen molar-refractivity contribution in [3.63, 3.8) is 0 Å². The Kier molecular flexibility index (Phi) is 2.59. The fourth-order valence-corrected chi connectivity index (χ4v) is 0.838. The molecule has 0 aliphatic carbocycles. The summed E-state index contributed by atoms with van der Waals surface area (Å²) in [5, 5.41) is 0. The molecule has 2 nitrogen and oxygen atoms in total. The normalized spacial score (nSPS) is 12.2. The number of aromatic nitrogens is 2. The SMILES string of the molecule is CC(C)(C)c1cnc(C(F)F)nc1. The third-order valence-corrected chi connectivity index (χ3v) is 1.73. The molecule has 0 N–H and O–H groups in total. The Bertz CT molecular complexity index is 275. The highest BCUT2D eigenvalue weighted by molar-refractivity contribution is 5.15. The van der Waals surface area contributed by atoms with Gasteiger partial charge in [0.2, 0.25) is 0 Å². The van der Waals surface area contributed by atoms with E-state index in [1.807, 2.05) is 20.8 Å². The number of halogens is 2. The van der Waals surface area contributed by atoms with Crippen LogP contribution in [0.3, 0.4) is 0 Å². The lowest BCUT2D eigenvalue weighted by molar-refractivity contribution is 0.140. The molecule has 0 aromatic carbocycles. The highest BCUT2D eigenvalue weighted by Gasteiger charge is 2.16. The van der Waals surface area contributed by atoms with Gasteiger partial charge in [0.25, 0.3) is 6.43 Å². The second kappa shape index (κ2) is 3.36. The van der Waals surface area contributed by atoms with Gasteiger partial charge in [-0.05, 0) is 11.0 Å². The van der Waals surface area contributed by atoms with Crippen LogP contribution in [0.25, 0.3) is 0 Å². The van der Waals surface area contributed by atoms with Crippen LogP contribution in [0.2, 0.25) is 0 Å². The van der Waals surface area contributed by atoms with E-state index < -0.39 is 12.2 Å². The van der Waals surface area contributed by atoms with E-state index in [-0.39, 0.29) is 5.41 Å². The first-order valence-electron chi connectivity index (χ1n) is 4.02. The van der Waals surface area contributed by atoms with Crippen LogP contribution in [0, 0.1) is 0 Å². The van der Waals surface area contributed by atoms with Crippen LogP contribution in [0.1, 0.15) is 38.6 Å². The van der Waals surface area contributed by atoms with E-state index in [1.165, 1.54) is 12.4 Å². The van der Waals surface area contributed by atoms with Gasteiger partial charge in [-0.25, -0.2) is 18.7 Å². The fraction of sp³-hybridized carbons (Fsp3) is 0.556. The van der Waals surface area contributed by atoms with Gasteiger partial charge in [0.15, 0.2) is 5.82 Å². The molecule has 0 radical (unpaired) electrons. The van der Waals surface area contributed by atoms with Crippen LogP contribution >= 0.6 is 0 Å². The lowest BCUT2D eigenvalue weighted by atomic mass is 9.89. The minimum atomic E-state index is -2.59. The van der Waals surface area contributed by atoms with E-state index in [4.69, 9.17) is 0 Å². The van der Waals surface area contributed by atoms with E-state index in [2.05, 4.69) is 9.97 Å². The first-order chi connectivity index (χ1) is 5.91. The van der Waals surface area contributed by atoms with Crippen molar-refractivity contribution in [2.24, 2.45) is 0 Å². The van der Waals surface area contributed by atoms with Crippen molar-refractivity contribution in [2.75, 3.05) is 0 Å². The molecule has 0 amide bonds. The molecule has 1 heterocycles. The van der Waals surface area contributed by atoms with Crippen LogP contribution in [-0.4, -0.2) is 9.97 Å². The van der Waals surface area contributed by atoms with Crippen LogP contribution in [0.5, 0.6) is 0 Å². The molecule has 0 unspecified atom stereocenters. The van der Waals surface area contributed by atoms with E-state index in [9.17, 15) is 8.78 Å². The van der Waals surface area contributed by atoms with Gasteiger partial charge >= 0.3 is 0 Å². The Balaban J connectivity index is 2.94. The Morgan fingerprint density at radius 1 is 1.15 bits per heavy atom. The molecule has 0 aliphatic rings. The Morgan fingerprint density at radius 3 is 1.92 bits per heavy atom. The average Bonchev–Trinajstić information content (AvgIpc) is 2.03. The van der Waals surface area contributed by atoms with Crippen molar-refractivity contribution in [2.45, 2.75) is 32.6 Å². The van der Waals surface area contributed by atoms with Gasteiger partial charge in [0.1, 0.15) is 0 Å².